The molecule has 0 saturated heterocycles. The number of nitrogens with one attached hydrogen (secondary N) is 1. The Morgan fingerprint density at radius 2 is 1.44 bits per heavy atom. The number of anilines is 1. The summed E-state index contributed by atoms with van der Waals surface area (Å²) in [5.74, 6) is 4.89. The van der Waals surface area contributed by atoms with Gasteiger partial charge in [-0.3, -0.25) is 0 Å². The molecule has 266 valence electrons. The van der Waals surface area contributed by atoms with E-state index in [4.69, 9.17) is 38.9 Å². The van der Waals surface area contributed by atoms with Gasteiger partial charge >= 0.3 is 0 Å². The van der Waals surface area contributed by atoms with Crippen molar-refractivity contribution >= 4 is 16.9 Å². The Hall–Kier alpha value is -5.03. The summed E-state index contributed by atoms with van der Waals surface area (Å²) in [5.41, 5.74) is 5.84. The van der Waals surface area contributed by atoms with Crippen molar-refractivity contribution in [3.8, 4) is 28.9 Å². The van der Waals surface area contributed by atoms with Crippen LogP contribution in [0.5, 0.6) is 28.9 Å². The molecule has 5 aromatic rings. The van der Waals surface area contributed by atoms with Gasteiger partial charge in [0.2, 0.25) is 0 Å². The minimum Gasteiger partial charge on any atom is -0.497 e. The molecule has 3 aromatic carbocycles. The van der Waals surface area contributed by atoms with Gasteiger partial charge in [0, 0.05) is 55.9 Å². The largest absolute Gasteiger partial charge is 0.497 e. The number of rotatable bonds is 18. The van der Waals surface area contributed by atoms with Gasteiger partial charge in [-0.15, -0.1) is 10.2 Å². The molecule has 0 amide bonds. The second-order valence-electron chi connectivity index (χ2n) is 12.5. The van der Waals surface area contributed by atoms with Gasteiger partial charge in [-0.1, -0.05) is 37.6 Å². The van der Waals surface area contributed by atoms with Crippen LogP contribution in [0.15, 0.2) is 60.7 Å². The van der Waals surface area contributed by atoms with Gasteiger partial charge in [-0.05, 0) is 62.7 Å². The van der Waals surface area contributed by atoms with E-state index in [1.807, 2.05) is 57.3 Å². The van der Waals surface area contributed by atoms with Crippen LogP contribution in [0.3, 0.4) is 0 Å². The van der Waals surface area contributed by atoms with E-state index in [0.29, 0.717) is 54.3 Å². The SMILES string of the molecule is CCCCc1nc2c(N(Cc3ccc(OC)cc3OC)Cc3ccc(OC)cc3OC)nnc(OC(C)C)c2n1Cc1cccc(CNC)c1. The number of aryl methyl sites for hydroxylation is 1. The zero-order valence-electron chi connectivity index (χ0n) is 30.6. The van der Waals surface area contributed by atoms with Crippen molar-refractivity contribution in [2.75, 3.05) is 40.4 Å². The van der Waals surface area contributed by atoms with Gasteiger partial charge in [-0.2, -0.15) is 0 Å². The van der Waals surface area contributed by atoms with E-state index in [1.54, 1.807) is 28.4 Å². The number of benzene rings is 3. The molecule has 0 bridgehead atoms. The molecule has 0 saturated carbocycles. The third-order valence-electron chi connectivity index (χ3n) is 8.52. The molecule has 0 unspecified atom stereocenters. The minimum atomic E-state index is -0.108. The second kappa shape index (κ2) is 17.1. The summed E-state index contributed by atoms with van der Waals surface area (Å²) in [5, 5.41) is 12.9. The lowest BCUT2D eigenvalue weighted by Gasteiger charge is -2.26. The number of methoxy groups -OCH3 is 4. The number of hydrogen-bond acceptors (Lipinski definition) is 10. The van der Waals surface area contributed by atoms with Gasteiger partial charge in [0.1, 0.15) is 39.9 Å². The van der Waals surface area contributed by atoms with Crippen LogP contribution in [0, 0.1) is 0 Å². The van der Waals surface area contributed by atoms with Crippen molar-refractivity contribution in [3.63, 3.8) is 0 Å². The average molecular weight is 683 g/mol. The maximum absolute atomic E-state index is 6.35. The maximum Gasteiger partial charge on any atom is 0.260 e. The molecule has 11 nitrogen and oxygen atoms in total. The Labute approximate surface area is 295 Å². The fourth-order valence-electron chi connectivity index (χ4n) is 6.08. The Kier molecular flexibility index (Phi) is 12.4. The maximum atomic E-state index is 6.35. The van der Waals surface area contributed by atoms with Crippen LogP contribution >= 0.6 is 0 Å². The number of fused-ring (bicyclic) bond motifs is 1. The average Bonchev–Trinajstić information content (AvgIpc) is 3.48. The lowest BCUT2D eigenvalue weighted by Crippen LogP contribution is -2.25. The molecule has 0 aliphatic rings. The predicted molar refractivity (Wildman–Crippen MR) is 197 cm³/mol. The highest BCUT2D eigenvalue weighted by atomic mass is 16.5. The molecule has 1 N–H and O–H groups in total. The van der Waals surface area contributed by atoms with Crippen molar-refractivity contribution in [2.24, 2.45) is 0 Å². The molecular formula is C39H50N6O5. The van der Waals surface area contributed by atoms with Gasteiger partial charge in [0.05, 0.1) is 34.5 Å². The van der Waals surface area contributed by atoms with E-state index in [9.17, 15) is 0 Å². The Bertz CT molecular complexity index is 1820. The van der Waals surface area contributed by atoms with Gasteiger partial charge in [0.25, 0.3) is 5.88 Å². The zero-order valence-corrected chi connectivity index (χ0v) is 30.6. The van der Waals surface area contributed by atoms with Crippen LogP contribution in [0.25, 0.3) is 11.0 Å². The molecule has 0 radical (unpaired) electrons. The normalized spacial score (nSPS) is 11.2. The Morgan fingerprint density at radius 1 is 0.800 bits per heavy atom. The first-order valence-corrected chi connectivity index (χ1v) is 17.1. The van der Waals surface area contributed by atoms with Crippen molar-refractivity contribution in [1.82, 2.24) is 25.1 Å². The van der Waals surface area contributed by atoms with Crippen molar-refractivity contribution < 1.29 is 23.7 Å². The second-order valence-corrected chi connectivity index (χ2v) is 12.5. The van der Waals surface area contributed by atoms with Crippen molar-refractivity contribution in [3.05, 3.63) is 88.7 Å². The predicted octanol–water partition coefficient (Wildman–Crippen LogP) is 6.97. The number of nitrogens with zero attached hydrogens (tertiary/aromatic N) is 5. The number of aromatic nitrogens is 4. The minimum absolute atomic E-state index is 0.108. The van der Waals surface area contributed by atoms with E-state index >= 15 is 0 Å². The highest BCUT2D eigenvalue weighted by molar-refractivity contribution is 5.90. The molecule has 0 atom stereocenters. The molecular weight excluding hydrogens is 632 g/mol. The van der Waals surface area contributed by atoms with Gasteiger partial charge < -0.3 is 38.5 Å². The smallest absolute Gasteiger partial charge is 0.260 e. The van der Waals surface area contributed by atoms with Crippen LogP contribution in [-0.2, 0) is 32.6 Å². The van der Waals surface area contributed by atoms with E-state index in [1.165, 1.54) is 11.1 Å². The van der Waals surface area contributed by atoms with E-state index in [2.05, 4.69) is 46.0 Å². The van der Waals surface area contributed by atoms with Crippen LogP contribution in [0.2, 0.25) is 0 Å². The summed E-state index contributed by atoms with van der Waals surface area (Å²) in [6, 6.07) is 20.3. The molecule has 0 spiro atoms. The standard InChI is InChI=1S/C39H50N6O5/c1-9-10-14-35-41-36-37(45(35)23-28-13-11-12-27(19-28)22-40-4)39(50-26(2)3)43-42-38(36)44(24-29-15-17-31(46-5)20-33(29)48-7)25-30-16-18-32(47-6)21-34(30)49-8/h11-13,15-21,26,40H,9-10,14,22-25H2,1-8H3. The summed E-state index contributed by atoms with van der Waals surface area (Å²) in [7, 11) is 8.58. The number of imidazole rings is 1. The van der Waals surface area contributed by atoms with Crippen LogP contribution in [0.1, 0.15) is 61.7 Å². The van der Waals surface area contributed by atoms with E-state index in [-0.39, 0.29) is 6.10 Å². The monoisotopic (exact) mass is 682 g/mol. The van der Waals surface area contributed by atoms with E-state index < -0.39 is 0 Å². The lowest BCUT2D eigenvalue weighted by atomic mass is 10.1. The fraction of sp³-hybridized carbons (Fsp3) is 0.410. The summed E-state index contributed by atoms with van der Waals surface area (Å²) in [6.07, 6.45) is 2.74. The highest BCUT2D eigenvalue weighted by Crippen LogP contribution is 2.36. The van der Waals surface area contributed by atoms with Crippen molar-refractivity contribution in [2.45, 2.75) is 72.3 Å². The molecule has 2 aromatic heterocycles. The first kappa shape index (κ1) is 36.3. The lowest BCUT2D eigenvalue weighted by molar-refractivity contribution is 0.232. The van der Waals surface area contributed by atoms with Crippen LogP contribution < -0.4 is 33.9 Å². The van der Waals surface area contributed by atoms with Gasteiger partial charge in [0.15, 0.2) is 5.82 Å². The molecule has 11 heteroatoms. The van der Waals surface area contributed by atoms with Crippen LogP contribution in [0.4, 0.5) is 5.82 Å². The van der Waals surface area contributed by atoms with Gasteiger partial charge in [-0.25, -0.2) is 4.98 Å². The molecule has 2 heterocycles. The first-order valence-electron chi connectivity index (χ1n) is 17.1. The van der Waals surface area contributed by atoms with Crippen molar-refractivity contribution in [1.29, 1.82) is 0 Å². The number of ether oxygens (including phenoxy) is 5. The van der Waals surface area contributed by atoms with E-state index in [0.717, 1.165) is 53.8 Å². The summed E-state index contributed by atoms with van der Waals surface area (Å²) in [4.78, 5) is 7.51. The Balaban J connectivity index is 1.72. The quantitative estimate of drug-likeness (QED) is 0.104. The molecule has 0 fully saturated rings. The third-order valence-corrected chi connectivity index (χ3v) is 8.52. The third kappa shape index (κ3) is 8.39. The topological polar surface area (TPSA) is 105 Å². The molecule has 5 rings (SSSR count). The van der Waals surface area contributed by atoms with Crippen LogP contribution in [-0.4, -0.2) is 61.3 Å². The Morgan fingerprint density at radius 3 is 2.00 bits per heavy atom. The molecule has 0 aliphatic carbocycles. The fourth-order valence-corrected chi connectivity index (χ4v) is 6.08. The summed E-state index contributed by atoms with van der Waals surface area (Å²) in [6.45, 7) is 8.49. The molecule has 50 heavy (non-hydrogen) atoms. The highest BCUT2D eigenvalue weighted by Gasteiger charge is 2.26. The zero-order chi connectivity index (χ0) is 35.6. The number of unbranched alkanes of at least 4 members (excludes halogenated alkanes) is 1. The molecule has 0 aliphatic heterocycles. The first-order chi connectivity index (χ1) is 24.3. The number of hydrogen-bond donors (Lipinski definition) is 1. The summed E-state index contributed by atoms with van der Waals surface area (Å²) < 4.78 is 31.3. The summed E-state index contributed by atoms with van der Waals surface area (Å²) >= 11 is 0.